The monoisotopic (exact) mass is 198 g/mol. The summed E-state index contributed by atoms with van der Waals surface area (Å²) in [5.74, 6) is 1.29. The summed E-state index contributed by atoms with van der Waals surface area (Å²) >= 11 is 0. The molecule has 0 spiro atoms. The van der Waals surface area contributed by atoms with Crippen molar-refractivity contribution < 1.29 is 9.53 Å². The third kappa shape index (κ3) is 4.12. The first kappa shape index (κ1) is 11.5. The van der Waals surface area contributed by atoms with Crippen LogP contribution in [0.25, 0.3) is 0 Å². The van der Waals surface area contributed by atoms with Gasteiger partial charge in [0.25, 0.3) is 0 Å². The van der Waals surface area contributed by atoms with Crippen molar-refractivity contribution in [1.29, 1.82) is 0 Å². The first-order chi connectivity index (χ1) is 6.72. The van der Waals surface area contributed by atoms with Crippen LogP contribution < -0.4 is 0 Å². The molecule has 14 heavy (non-hydrogen) atoms. The fourth-order valence-corrected chi connectivity index (χ4v) is 2.44. The fourth-order valence-electron chi connectivity index (χ4n) is 2.44. The van der Waals surface area contributed by atoms with E-state index in [1.54, 1.807) is 0 Å². The third-order valence-corrected chi connectivity index (χ3v) is 3.20. The van der Waals surface area contributed by atoms with Gasteiger partial charge in [-0.1, -0.05) is 39.0 Å². The van der Waals surface area contributed by atoms with E-state index in [1.807, 2.05) is 0 Å². The molecular formula is C12H22O2. The number of carbonyl (C=O) groups excluding carboxylic acids is 1. The Morgan fingerprint density at radius 1 is 1.36 bits per heavy atom. The molecule has 0 heterocycles. The molecule has 0 radical (unpaired) electrons. The van der Waals surface area contributed by atoms with Gasteiger partial charge in [-0.2, -0.15) is 0 Å². The maximum absolute atomic E-state index is 11.0. The van der Waals surface area contributed by atoms with Crippen LogP contribution in [0.2, 0.25) is 0 Å². The lowest BCUT2D eigenvalue weighted by molar-refractivity contribution is -0.141. The topological polar surface area (TPSA) is 26.3 Å². The van der Waals surface area contributed by atoms with Crippen LogP contribution in [0.4, 0.5) is 0 Å². The molecule has 0 saturated heterocycles. The van der Waals surface area contributed by atoms with Gasteiger partial charge >= 0.3 is 5.97 Å². The van der Waals surface area contributed by atoms with Crippen molar-refractivity contribution in [3.8, 4) is 0 Å². The van der Waals surface area contributed by atoms with Crippen LogP contribution in [0.1, 0.15) is 51.9 Å². The molecule has 2 heteroatoms. The van der Waals surface area contributed by atoms with Crippen molar-refractivity contribution in [3.05, 3.63) is 0 Å². The van der Waals surface area contributed by atoms with E-state index in [4.69, 9.17) is 0 Å². The highest BCUT2D eigenvalue weighted by atomic mass is 16.5. The first-order valence-electron chi connectivity index (χ1n) is 5.79. The van der Waals surface area contributed by atoms with Crippen LogP contribution >= 0.6 is 0 Å². The van der Waals surface area contributed by atoms with E-state index in [0.717, 1.165) is 5.92 Å². The molecule has 0 aromatic rings. The van der Waals surface area contributed by atoms with E-state index >= 15 is 0 Å². The molecular weight excluding hydrogens is 176 g/mol. The molecule has 2 nitrogen and oxygen atoms in total. The molecule has 0 bridgehead atoms. The number of hydrogen-bond donors (Lipinski definition) is 0. The van der Waals surface area contributed by atoms with Gasteiger partial charge in [0.05, 0.1) is 7.11 Å². The quantitative estimate of drug-likeness (QED) is 0.649. The van der Waals surface area contributed by atoms with Crippen LogP contribution in [0.3, 0.4) is 0 Å². The van der Waals surface area contributed by atoms with Crippen LogP contribution in [0.15, 0.2) is 0 Å². The standard InChI is InChI=1S/C12H22O2/c1-10(9-12(13)14-2)8-11-6-4-3-5-7-11/h10-11H,3-9H2,1-2H3. The summed E-state index contributed by atoms with van der Waals surface area (Å²) in [7, 11) is 1.47. The number of rotatable bonds is 4. The summed E-state index contributed by atoms with van der Waals surface area (Å²) < 4.78 is 4.67. The number of ether oxygens (including phenoxy) is 1. The second-order valence-corrected chi connectivity index (χ2v) is 4.63. The first-order valence-corrected chi connectivity index (χ1v) is 5.79. The lowest BCUT2D eigenvalue weighted by Gasteiger charge is -2.24. The van der Waals surface area contributed by atoms with Crippen molar-refractivity contribution in [3.63, 3.8) is 0 Å². The highest BCUT2D eigenvalue weighted by molar-refractivity contribution is 5.69. The number of esters is 1. The largest absolute Gasteiger partial charge is 0.469 e. The number of methoxy groups -OCH3 is 1. The Morgan fingerprint density at radius 3 is 2.57 bits per heavy atom. The minimum absolute atomic E-state index is 0.0618. The Bertz CT molecular complexity index is 171. The van der Waals surface area contributed by atoms with Gasteiger partial charge in [-0.3, -0.25) is 4.79 Å². The Kier molecular flexibility index (Phi) is 4.99. The Labute approximate surface area is 87.0 Å². The number of hydrogen-bond acceptors (Lipinski definition) is 2. The molecule has 0 amide bonds. The average molecular weight is 198 g/mol. The summed E-state index contributed by atoms with van der Waals surface area (Å²) in [5, 5.41) is 0. The molecule has 0 aromatic carbocycles. The average Bonchev–Trinajstić information content (AvgIpc) is 2.19. The molecule has 0 aliphatic heterocycles. The molecule has 1 saturated carbocycles. The Balaban J connectivity index is 2.18. The maximum Gasteiger partial charge on any atom is 0.305 e. The van der Waals surface area contributed by atoms with Crippen molar-refractivity contribution >= 4 is 5.97 Å². The number of carbonyl (C=O) groups is 1. The van der Waals surface area contributed by atoms with Gasteiger partial charge in [-0.15, -0.1) is 0 Å². The minimum atomic E-state index is -0.0618. The molecule has 1 fully saturated rings. The second kappa shape index (κ2) is 6.05. The predicted molar refractivity (Wildman–Crippen MR) is 57.0 cm³/mol. The molecule has 1 aliphatic rings. The van der Waals surface area contributed by atoms with Crippen molar-refractivity contribution in [2.75, 3.05) is 7.11 Å². The van der Waals surface area contributed by atoms with Gasteiger partial charge in [0, 0.05) is 6.42 Å². The second-order valence-electron chi connectivity index (χ2n) is 4.63. The molecule has 0 aromatic heterocycles. The zero-order valence-electron chi connectivity index (χ0n) is 9.42. The smallest absolute Gasteiger partial charge is 0.305 e. The normalized spacial score (nSPS) is 20.4. The van der Waals surface area contributed by atoms with E-state index in [1.165, 1.54) is 45.6 Å². The Morgan fingerprint density at radius 2 is 2.00 bits per heavy atom. The SMILES string of the molecule is COC(=O)CC(C)CC1CCCCC1. The summed E-state index contributed by atoms with van der Waals surface area (Å²) in [6.45, 7) is 2.16. The van der Waals surface area contributed by atoms with Crippen LogP contribution in [0, 0.1) is 11.8 Å². The van der Waals surface area contributed by atoms with Gasteiger partial charge in [0.2, 0.25) is 0 Å². The molecule has 1 atom stereocenters. The summed E-state index contributed by atoms with van der Waals surface area (Å²) in [6, 6.07) is 0. The minimum Gasteiger partial charge on any atom is -0.469 e. The maximum atomic E-state index is 11.0. The zero-order valence-corrected chi connectivity index (χ0v) is 9.42. The lowest BCUT2D eigenvalue weighted by atomic mass is 9.82. The molecule has 1 unspecified atom stereocenters. The summed E-state index contributed by atoms with van der Waals surface area (Å²) in [4.78, 5) is 11.0. The van der Waals surface area contributed by atoms with E-state index in [2.05, 4.69) is 11.7 Å². The summed E-state index contributed by atoms with van der Waals surface area (Å²) in [5.41, 5.74) is 0. The van der Waals surface area contributed by atoms with Gasteiger partial charge in [0.1, 0.15) is 0 Å². The third-order valence-electron chi connectivity index (χ3n) is 3.20. The van der Waals surface area contributed by atoms with Crippen molar-refractivity contribution in [2.45, 2.75) is 51.9 Å². The van der Waals surface area contributed by atoms with E-state index < -0.39 is 0 Å². The van der Waals surface area contributed by atoms with Crippen LogP contribution in [0.5, 0.6) is 0 Å². The van der Waals surface area contributed by atoms with Crippen LogP contribution in [-0.2, 0) is 9.53 Å². The van der Waals surface area contributed by atoms with Gasteiger partial charge < -0.3 is 4.74 Å². The van der Waals surface area contributed by atoms with Gasteiger partial charge in [-0.25, -0.2) is 0 Å². The molecule has 1 aliphatic carbocycles. The predicted octanol–water partition coefficient (Wildman–Crippen LogP) is 3.16. The van der Waals surface area contributed by atoms with Gasteiger partial charge in [0.15, 0.2) is 0 Å². The van der Waals surface area contributed by atoms with E-state index in [9.17, 15) is 4.79 Å². The fraction of sp³-hybridized carbons (Fsp3) is 0.917. The van der Waals surface area contributed by atoms with E-state index in [-0.39, 0.29) is 5.97 Å². The Hall–Kier alpha value is -0.530. The lowest BCUT2D eigenvalue weighted by Crippen LogP contribution is -2.14. The van der Waals surface area contributed by atoms with Crippen molar-refractivity contribution in [1.82, 2.24) is 0 Å². The molecule has 1 rings (SSSR count). The van der Waals surface area contributed by atoms with Crippen molar-refractivity contribution in [2.24, 2.45) is 11.8 Å². The highest BCUT2D eigenvalue weighted by Crippen LogP contribution is 2.29. The van der Waals surface area contributed by atoms with E-state index in [0.29, 0.717) is 12.3 Å². The zero-order chi connectivity index (χ0) is 10.4. The van der Waals surface area contributed by atoms with Gasteiger partial charge in [-0.05, 0) is 18.3 Å². The highest BCUT2D eigenvalue weighted by Gasteiger charge is 2.18. The summed E-state index contributed by atoms with van der Waals surface area (Å²) in [6.07, 6.45) is 8.70. The molecule has 82 valence electrons. The van der Waals surface area contributed by atoms with Crippen LogP contribution in [-0.4, -0.2) is 13.1 Å². The molecule has 0 N–H and O–H groups in total.